The summed E-state index contributed by atoms with van der Waals surface area (Å²) in [5, 5.41) is 24.5. The zero-order valence-electron chi connectivity index (χ0n) is 7.10. The Morgan fingerprint density at radius 2 is 1.15 bits per heavy atom. The molecule has 0 aliphatic rings. The summed E-state index contributed by atoms with van der Waals surface area (Å²) in [6.07, 6.45) is 0. The average Bonchev–Trinajstić information content (AvgIpc) is 2.13. The first-order valence-corrected chi connectivity index (χ1v) is 9.27. The first kappa shape index (κ1) is 16.5. The molecule has 84 valence electrons. The van der Waals surface area contributed by atoms with Crippen molar-refractivity contribution >= 4 is 18.8 Å². The van der Waals surface area contributed by atoms with Crippen LogP contribution < -0.4 is 0 Å². The van der Waals surface area contributed by atoms with Crippen molar-refractivity contribution in [2.24, 2.45) is 0 Å². The summed E-state index contributed by atoms with van der Waals surface area (Å²) >= 11 is -0.472. The minimum atomic E-state index is -0.472. The summed E-state index contributed by atoms with van der Waals surface area (Å²) in [6.45, 7) is 2.52. The van der Waals surface area contributed by atoms with Crippen molar-refractivity contribution in [2.45, 2.75) is 0 Å². The Morgan fingerprint density at radius 1 is 0.846 bits per heavy atom. The van der Waals surface area contributed by atoms with Gasteiger partial charge in [-0.05, 0) is 0 Å². The van der Waals surface area contributed by atoms with Crippen LogP contribution in [-0.4, -0.2) is 49.6 Å². The summed E-state index contributed by atoms with van der Waals surface area (Å²) in [5.74, 6) is 0. The number of hydrogen-bond acceptors (Lipinski definition) is 2. The van der Waals surface area contributed by atoms with Crippen molar-refractivity contribution in [1.29, 1.82) is 0 Å². The molecule has 0 aromatic heterocycles. The van der Waals surface area contributed by atoms with Gasteiger partial charge in [-0.25, -0.2) is 0 Å². The van der Waals surface area contributed by atoms with Crippen LogP contribution in [0.3, 0.4) is 0 Å². The molecule has 7 heteroatoms. The van der Waals surface area contributed by atoms with Crippen molar-refractivity contribution in [1.82, 2.24) is 0 Å². The molecule has 0 aromatic rings. The first-order chi connectivity index (χ1) is 6.33. The van der Waals surface area contributed by atoms with E-state index in [0.717, 1.165) is 0 Å². The van der Waals surface area contributed by atoms with Gasteiger partial charge in [0.25, 0.3) is 0 Å². The van der Waals surface area contributed by atoms with Gasteiger partial charge in [-0.1, -0.05) is 0 Å². The fourth-order valence-electron chi connectivity index (χ4n) is 0.506. The zero-order valence-corrected chi connectivity index (χ0v) is 10.9. The molecule has 0 amide bonds. The molecule has 0 aliphatic carbocycles. The van der Waals surface area contributed by atoms with Gasteiger partial charge in [-0.15, -0.1) is 13.1 Å². The molecule has 0 unspecified atom stereocenters. The van der Waals surface area contributed by atoms with E-state index in [1.54, 1.807) is 0 Å². The maximum atomic E-state index is 8.30. The van der Waals surface area contributed by atoms with E-state index in [-0.39, 0.29) is 13.2 Å². The minimum absolute atomic E-state index is 0.111. The second kappa shape index (κ2) is 18.8. The molecule has 0 atom stereocenters. The van der Waals surface area contributed by atoms with Crippen LogP contribution in [0.2, 0.25) is 0 Å². The fourth-order valence-corrected chi connectivity index (χ4v) is 0.506. The van der Waals surface area contributed by atoms with Crippen LogP contribution in [0.5, 0.6) is 0 Å². The standard InChI is InChI=1S/C6H14N2O2.2ClH.Pt/c9-5-3-7-1-2-8-4-6-10;;;/h9-10H,1-6H2;2*1H;/q-2;;;+4/p-2. The third-order valence-corrected chi connectivity index (χ3v) is 0.932. The fraction of sp³-hybridized carbons (Fsp3) is 1.00. The second-order valence-corrected chi connectivity index (χ2v) is 5.12. The molecule has 4 nitrogen and oxygen atoms in total. The normalized spacial score (nSPS) is 9.54. The maximum absolute atomic E-state index is 8.30. The molecule has 0 spiro atoms. The van der Waals surface area contributed by atoms with Crippen molar-refractivity contribution in [3.05, 3.63) is 10.6 Å². The van der Waals surface area contributed by atoms with E-state index in [1.807, 2.05) is 0 Å². The molecule has 0 radical (unpaired) electrons. The predicted octanol–water partition coefficient (Wildman–Crippen LogP) is 1.09. The monoisotopic (exact) mass is 411 g/mol. The van der Waals surface area contributed by atoms with E-state index in [1.165, 1.54) is 0 Å². The van der Waals surface area contributed by atoms with Crippen LogP contribution in [0.25, 0.3) is 10.6 Å². The molecule has 0 aromatic carbocycles. The number of nitrogens with zero attached hydrogens (tertiary/aromatic N) is 2. The molecule has 13 heavy (non-hydrogen) atoms. The quantitative estimate of drug-likeness (QED) is 0.615. The summed E-state index contributed by atoms with van der Waals surface area (Å²) in [4.78, 5) is 0. The molecule has 0 saturated carbocycles. The van der Waals surface area contributed by atoms with Crippen LogP contribution in [0.4, 0.5) is 0 Å². The number of aliphatic hydroxyl groups is 2. The Bertz CT molecular complexity index is 75.7. The molecule has 0 bridgehead atoms. The van der Waals surface area contributed by atoms with Gasteiger partial charge in [0.2, 0.25) is 0 Å². The van der Waals surface area contributed by atoms with Gasteiger partial charge >= 0.3 is 35.3 Å². The van der Waals surface area contributed by atoms with Crippen LogP contribution in [-0.2, 0) is 16.5 Å². The Hall–Kier alpha value is 1.11. The van der Waals surface area contributed by atoms with E-state index < -0.39 is 16.5 Å². The third kappa shape index (κ3) is 24.6. The van der Waals surface area contributed by atoms with Gasteiger partial charge in [-0.3, -0.25) is 0 Å². The topological polar surface area (TPSA) is 68.7 Å². The molecule has 0 saturated heterocycles. The molecule has 0 heterocycles. The molecule has 2 N–H and O–H groups in total. The number of hydrogen-bond donors (Lipinski definition) is 2. The van der Waals surface area contributed by atoms with Gasteiger partial charge < -0.3 is 20.8 Å². The van der Waals surface area contributed by atoms with Gasteiger partial charge in [-0.2, -0.15) is 13.1 Å². The number of halogens is 2. The summed E-state index contributed by atoms with van der Waals surface area (Å²) in [5.41, 5.74) is 0. The number of rotatable bonds is 7. The molecule has 0 fully saturated rings. The average molecular weight is 412 g/mol. The summed E-state index contributed by atoms with van der Waals surface area (Å²) in [6, 6.07) is 0. The zero-order chi connectivity index (χ0) is 10.4. The van der Waals surface area contributed by atoms with Gasteiger partial charge in [0.15, 0.2) is 0 Å². The van der Waals surface area contributed by atoms with Crippen LogP contribution in [0.1, 0.15) is 0 Å². The molecular formula is C6H14Cl2N2O2Pt. The molecule has 0 aliphatic heterocycles. The van der Waals surface area contributed by atoms with E-state index in [4.69, 9.17) is 29.0 Å². The Morgan fingerprint density at radius 3 is 1.38 bits per heavy atom. The molecule has 0 rings (SSSR count). The summed E-state index contributed by atoms with van der Waals surface area (Å²) < 4.78 is 0. The predicted molar refractivity (Wildman–Crippen MR) is 52.1 cm³/mol. The van der Waals surface area contributed by atoms with Crippen LogP contribution >= 0.6 is 18.8 Å². The van der Waals surface area contributed by atoms with E-state index in [9.17, 15) is 0 Å². The van der Waals surface area contributed by atoms with Gasteiger partial charge in [0.1, 0.15) is 0 Å². The van der Waals surface area contributed by atoms with Crippen molar-refractivity contribution in [3.63, 3.8) is 0 Å². The van der Waals surface area contributed by atoms with Gasteiger partial charge in [0, 0.05) is 13.2 Å². The Kier molecular flexibility index (Phi) is 23.9. The van der Waals surface area contributed by atoms with Crippen molar-refractivity contribution < 1.29 is 26.7 Å². The third-order valence-electron chi connectivity index (χ3n) is 0.932. The summed E-state index contributed by atoms with van der Waals surface area (Å²) in [7, 11) is 9.75. The van der Waals surface area contributed by atoms with E-state index >= 15 is 0 Å². The Balaban J connectivity index is 0. The van der Waals surface area contributed by atoms with E-state index in [2.05, 4.69) is 10.6 Å². The van der Waals surface area contributed by atoms with Crippen LogP contribution in [0, 0.1) is 0 Å². The second-order valence-electron chi connectivity index (χ2n) is 1.83. The Labute approximate surface area is 95.4 Å². The van der Waals surface area contributed by atoms with Crippen LogP contribution in [0.15, 0.2) is 0 Å². The van der Waals surface area contributed by atoms with E-state index in [0.29, 0.717) is 26.2 Å². The SMILES string of the molecule is OCC[N-]CC[N-]CCO.[Cl][Pt+2][Cl]. The van der Waals surface area contributed by atoms with Crippen molar-refractivity contribution in [3.8, 4) is 0 Å². The number of aliphatic hydroxyl groups excluding tert-OH is 2. The molecular weight excluding hydrogens is 398 g/mol. The van der Waals surface area contributed by atoms with Gasteiger partial charge in [0.05, 0.1) is 0 Å². The first-order valence-electron chi connectivity index (χ1n) is 3.64. The van der Waals surface area contributed by atoms with Crippen molar-refractivity contribution in [2.75, 3.05) is 39.4 Å².